The molecule has 5 nitrogen and oxygen atoms in total. The number of thiazole rings is 1. The molecule has 0 aliphatic rings. The zero-order valence-corrected chi connectivity index (χ0v) is 13.4. The Kier molecular flexibility index (Phi) is 5.66. The Bertz CT molecular complexity index is 641. The van der Waals surface area contributed by atoms with E-state index in [9.17, 15) is 9.59 Å². The number of nitrogens with one attached hydrogen (secondary N) is 2. The van der Waals surface area contributed by atoms with Gasteiger partial charge in [0.2, 0.25) is 5.91 Å². The van der Waals surface area contributed by atoms with E-state index in [1.54, 1.807) is 35.8 Å². The number of amides is 2. The number of hydrogen-bond donors (Lipinski definition) is 2. The lowest BCUT2D eigenvalue weighted by molar-refractivity contribution is -0.119. The molecule has 0 saturated heterocycles. The summed E-state index contributed by atoms with van der Waals surface area (Å²) in [6, 6.07) is 6.97. The first-order valence-electron chi connectivity index (χ1n) is 7.22. The largest absolute Gasteiger partial charge is 0.325 e. The van der Waals surface area contributed by atoms with E-state index in [4.69, 9.17) is 0 Å². The number of rotatable bonds is 6. The van der Waals surface area contributed by atoms with Gasteiger partial charge in [-0.1, -0.05) is 32.4 Å². The van der Waals surface area contributed by atoms with Gasteiger partial charge in [-0.3, -0.25) is 14.9 Å². The minimum atomic E-state index is -0.283. The zero-order valence-electron chi connectivity index (χ0n) is 12.6. The molecule has 0 radical (unpaired) electrons. The number of nitrogens with zero attached hydrogens (tertiary/aromatic N) is 1. The molecule has 1 heterocycles. The van der Waals surface area contributed by atoms with Crippen LogP contribution in [0.15, 0.2) is 35.8 Å². The third-order valence-electron chi connectivity index (χ3n) is 3.25. The highest BCUT2D eigenvalue weighted by Gasteiger charge is 2.17. The quantitative estimate of drug-likeness (QED) is 0.852. The summed E-state index contributed by atoms with van der Waals surface area (Å²) in [5.74, 6) is -0.439. The molecule has 116 valence electrons. The molecule has 0 aliphatic heterocycles. The lowest BCUT2D eigenvalue weighted by atomic mass is 10.0. The SMILES string of the molecule is CCC[C@H](C)C(=O)Nc1ccccc1C(=O)Nc1nccs1. The van der Waals surface area contributed by atoms with Crippen LogP contribution in [0.5, 0.6) is 0 Å². The van der Waals surface area contributed by atoms with Gasteiger partial charge in [-0.05, 0) is 18.6 Å². The zero-order chi connectivity index (χ0) is 15.9. The van der Waals surface area contributed by atoms with Gasteiger partial charge in [0.1, 0.15) is 0 Å². The van der Waals surface area contributed by atoms with E-state index in [2.05, 4.69) is 15.6 Å². The van der Waals surface area contributed by atoms with Crippen molar-refractivity contribution in [2.45, 2.75) is 26.7 Å². The maximum Gasteiger partial charge on any atom is 0.259 e. The topological polar surface area (TPSA) is 71.1 Å². The average molecular weight is 317 g/mol. The van der Waals surface area contributed by atoms with E-state index in [1.807, 2.05) is 13.8 Å². The van der Waals surface area contributed by atoms with Crippen LogP contribution in [0.1, 0.15) is 37.0 Å². The predicted octanol–water partition coefficient (Wildman–Crippen LogP) is 3.77. The number of benzene rings is 1. The van der Waals surface area contributed by atoms with Gasteiger partial charge >= 0.3 is 0 Å². The lowest BCUT2D eigenvalue weighted by Crippen LogP contribution is -2.22. The second-order valence-corrected chi connectivity index (χ2v) is 5.91. The summed E-state index contributed by atoms with van der Waals surface area (Å²) < 4.78 is 0. The highest BCUT2D eigenvalue weighted by atomic mass is 32.1. The second kappa shape index (κ2) is 7.70. The first kappa shape index (κ1) is 16.2. The van der Waals surface area contributed by atoms with Crippen LogP contribution in [-0.2, 0) is 4.79 Å². The third kappa shape index (κ3) is 4.14. The van der Waals surface area contributed by atoms with Gasteiger partial charge in [-0.15, -0.1) is 11.3 Å². The molecule has 0 saturated carbocycles. The van der Waals surface area contributed by atoms with Crippen LogP contribution < -0.4 is 10.6 Å². The van der Waals surface area contributed by atoms with Gasteiger partial charge in [0.05, 0.1) is 11.3 Å². The Morgan fingerprint density at radius 2 is 2.05 bits per heavy atom. The van der Waals surface area contributed by atoms with Crippen LogP contribution in [0.3, 0.4) is 0 Å². The smallest absolute Gasteiger partial charge is 0.259 e. The Hall–Kier alpha value is -2.21. The molecular weight excluding hydrogens is 298 g/mol. The lowest BCUT2D eigenvalue weighted by Gasteiger charge is -2.14. The number of carbonyl (C=O) groups excluding carboxylic acids is 2. The van der Waals surface area contributed by atoms with Crippen molar-refractivity contribution >= 4 is 34.0 Å². The molecule has 6 heteroatoms. The number of carbonyl (C=O) groups is 2. The van der Waals surface area contributed by atoms with Crippen molar-refractivity contribution in [3.05, 3.63) is 41.4 Å². The van der Waals surface area contributed by atoms with Crippen LogP contribution in [0.25, 0.3) is 0 Å². The second-order valence-electron chi connectivity index (χ2n) is 5.02. The first-order chi connectivity index (χ1) is 10.6. The molecule has 2 amide bonds. The summed E-state index contributed by atoms with van der Waals surface area (Å²) >= 11 is 1.35. The summed E-state index contributed by atoms with van der Waals surface area (Å²) in [6.45, 7) is 3.93. The van der Waals surface area contributed by atoms with Crippen LogP contribution in [-0.4, -0.2) is 16.8 Å². The molecule has 0 fully saturated rings. The summed E-state index contributed by atoms with van der Waals surface area (Å²) in [5, 5.41) is 7.88. The summed E-state index contributed by atoms with van der Waals surface area (Å²) in [7, 11) is 0. The Morgan fingerprint density at radius 1 is 1.27 bits per heavy atom. The van der Waals surface area contributed by atoms with E-state index in [-0.39, 0.29) is 17.7 Å². The van der Waals surface area contributed by atoms with E-state index >= 15 is 0 Å². The van der Waals surface area contributed by atoms with Crippen LogP contribution in [0, 0.1) is 5.92 Å². The van der Waals surface area contributed by atoms with E-state index in [0.717, 1.165) is 12.8 Å². The Morgan fingerprint density at radius 3 is 2.73 bits per heavy atom. The van der Waals surface area contributed by atoms with Crippen molar-refractivity contribution in [3.63, 3.8) is 0 Å². The van der Waals surface area contributed by atoms with Crippen molar-refractivity contribution in [3.8, 4) is 0 Å². The number of hydrogen-bond acceptors (Lipinski definition) is 4. The molecule has 1 atom stereocenters. The van der Waals surface area contributed by atoms with Crippen LogP contribution in [0.4, 0.5) is 10.8 Å². The van der Waals surface area contributed by atoms with Crippen LogP contribution in [0.2, 0.25) is 0 Å². The fraction of sp³-hybridized carbons (Fsp3) is 0.312. The molecule has 1 aromatic carbocycles. The number of aromatic nitrogens is 1. The maximum atomic E-state index is 12.3. The minimum absolute atomic E-state index is 0.0728. The molecule has 0 bridgehead atoms. The van der Waals surface area contributed by atoms with Crippen molar-refractivity contribution in [2.24, 2.45) is 5.92 Å². The fourth-order valence-electron chi connectivity index (χ4n) is 2.06. The molecule has 22 heavy (non-hydrogen) atoms. The molecule has 2 aromatic rings. The fourth-order valence-corrected chi connectivity index (χ4v) is 2.58. The average Bonchev–Trinajstić information content (AvgIpc) is 3.00. The Labute approximate surface area is 133 Å². The molecule has 1 aromatic heterocycles. The number of anilines is 2. The molecule has 0 aliphatic carbocycles. The van der Waals surface area contributed by atoms with E-state index in [1.165, 1.54) is 11.3 Å². The minimum Gasteiger partial charge on any atom is -0.325 e. The van der Waals surface area contributed by atoms with Gasteiger partial charge in [0, 0.05) is 17.5 Å². The third-order valence-corrected chi connectivity index (χ3v) is 3.94. The summed E-state index contributed by atoms with van der Waals surface area (Å²) in [4.78, 5) is 28.5. The predicted molar refractivity (Wildman–Crippen MR) is 89.2 cm³/mol. The monoisotopic (exact) mass is 317 g/mol. The van der Waals surface area contributed by atoms with Gasteiger partial charge in [-0.25, -0.2) is 4.98 Å². The van der Waals surface area contributed by atoms with Gasteiger partial charge < -0.3 is 5.32 Å². The number of para-hydroxylation sites is 1. The van der Waals surface area contributed by atoms with E-state index < -0.39 is 0 Å². The highest BCUT2D eigenvalue weighted by Crippen LogP contribution is 2.19. The molecular formula is C16H19N3O2S. The first-order valence-corrected chi connectivity index (χ1v) is 8.10. The maximum absolute atomic E-state index is 12.3. The van der Waals surface area contributed by atoms with Crippen molar-refractivity contribution in [2.75, 3.05) is 10.6 Å². The van der Waals surface area contributed by atoms with E-state index in [0.29, 0.717) is 16.4 Å². The molecule has 2 N–H and O–H groups in total. The van der Waals surface area contributed by atoms with Crippen molar-refractivity contribution in [1.82, 2.24) is 4.98 Å². The van der Waals surface area contributed by atoms with Crippen molar-refractivity contribution in [1.29, 1.82) is 0 Å². The van der Waals surface area contributed by atoms with Crippen LogP contribution >= 0.6 is 11.3 Å². The summed E-state index contributed by atoms with van der Waals surface area (Å²) in [6.07, 6.45) is 3.39. The highest BCUT2D eigenvalue weighted by molar-refractivity contribution is 7.13. The standard InChI is InChI=1S/C16H19N3O2S/c1-3-6-11(2)14(20)18-13-8-5-4-7-12(13)15(21)19-16-17-9-10-22-16/h4-5,7-11H,3,6H2,1-2H3,(H,18,20)(H,17,19,21)/t11-/m0/s1. The van der Waals surface area contributed by atoms with Gasteiger partial charge in [-0.2, -0.15) is 0 Å². The molecule has 0 spiro atoms. The van der Waals surface area contributed by atoms with Gasteiger partial charge in [0.25, 0.3) is 5.91 Å². The van der Waals surface area contributed by atoms with Crippen molar-refractivity contribution < 1.29 is 9.59 Å². The molecule has 0 unspecified atom stereocenters. The Balaban J connectivity index is 2.12. The molecule has 2 rings (SSSR count). The summed E-state index contributed by atoms with van der Waals surface area (Å²) in [5.41, 5.74) is 0.944. The normalized spacial score (nSPS) is 11.7. The van der Waals surface area contributed by atoms with Gasteiger partial charge in [0.15, 0.2) is 5.13 Å².